The maximum Gasteiger partial charge on any atom is 0.240 e. The minimum absolute atomic E-state index is 0.272. The number of aryl methyl sites for hydroxylation is 1. The first-order valence-electron chi connectivity index (χ1n) is 6.45. The molecule has 1 aliphatic heterocycles. The van der Waals surface area contributed by atoms with Gasteiger partial charge >= 0.3 is 0 Å². The lowest BCUT2D eigenvalue weighted by Crippen LogP contribution is -2.36. The molecule has 0 atom stereocenters. The second-order valence-corrected chi connectivity index (χ2v) is 7.13. The molecule has 1 aromatic carbocycles. The maximum absolute atomic E-state index is 12.3. The maximum atomic E-state index is 12.3. The number of rotatable bonds is 4. The third-order valence-electron chi connectivity index (χ3n) is 3.46. The van der Waals surface area contributed by atoms with Crippen molar-refractivity contribution in [3.05, 3.63) is 28.8 Å². The number of sulfonamides is 1. The molecule has 0 aliphatic carbocycles. The highest BCUT2D eigenvalue weighted by Gasteiger charge is 2.20. The van der Waals surface area contributed by atoms with Crippen LogP contribution in [0.1, 0.15) is 18.4 Å². The topological polar surface area (TPSA) is 58.2 Å². The predicted molar refractivity (Wildman–Crippen MR) is 77.0 cm³/mol. The van der Waals surface area contributed by atoms with Crippen LogP contribution >= 0.6 is 11.6 Å². The van der Waals surface area contributed by atoms with Gasteiger partial charge in [-0.25, -0.2) is 13.1 Å². The molecular formula is C13H19ClN2O2S. The SMILES string of the molecule is Cc1ccc(Cl)cc1S(=O)(=O)NCC1CCNCC1. The Morgan fingerprint density at radius 2 is 2.05 bits per heavy atom. The average Bonchev–Trinajstić information content (AvgIpc) is 2.40. The zero-order valence-electron chi connectivity index (χ0n) is 10.9. The van der Waals surface area contributed by atoms with Gasteiger partial charge in [0.1, 0.15) is 0 Å². The van der Waals surface area contributed by atoms with Crippen molar-refractivity contribution in [1.82, 2.24) is 10.0 Å². The summed E-state index contributed by atoms with van der Waals surface area (Å²) < 4.78 is 27.2. The zero-order valence-corrected chi connectivity index (χ0v) is 12.5. The van der Waals surface area contributed by atoms with Crippen LogP contribution in [0.2, 0.25) is 5.02 Å². The fourth-order valence-electron chi connectivity index (χ4n) is 2.25. The van der Waals surface area contributed by atoms with Crippen molar-refractivity contribution < 1.29 is 8.42 Å². The van der Waals surface area contributed by atoms with Crippen molar-refractivity contribution in [2.45, 2.75) is 24.7 Å². The molecule has 1 heterocycles. The van der Waals surface area contributed by atoms with E-state index in [9.17, 15) is 8.42 Å². The molecule has 106 valence electrons. The van der Waals surface area contributed by atoms with Gasteiger partial charge in [0, 0.05) is 11.6 Å². The normalized spacial score (nSPS) is 17.6. The first-order chi connectivity index (χ1) is 8.99. The second-order valence-electron chi connectivity index (χ2n) is 4.96. The number of hydrogen-bond acceptors (Lipinski definition) is 3. The van der Waals surface area contributed by atoms with Gasteiger partial charge in [0.2, 0.25) is 10.0 Å². The zero-order chi connectivity index (χ0) is 13.9. The summed E-state index contributed by atoms with van der Waals surface area (Å²) in [6.45, 7) is 4.19. The Morgan fingerprint density at radius 3 is 2.74 bits per heavy atom. The molecule has 1 fully saturated rings. The van der Waals surface area contributed by atoms with E-state index in [1.165, 1.54) is 6.07 Å². The van der Waals surface area contributed by atoms with Gasteiger partial charge in [-0.2, -0.15) is 0 Å². The van der Waals surface area contributed by atoms with Crippen molar-refractivity contribution in [2.24, 2.45) is 5.92 Å². The van der Waals surface area contributed by atoms with Gasteiger partial charge < -0.3 is 5.32 Å². The summed E-state index contributed by atoms with van der Waals surface area (Å²) in [5.74, 6) is 0.413. The molecular weight excluding hydrogens is 284 g/mol. The van der Waals surface area contributed by atoms with Crippen LogP contribution in [0.25, 0.3) is 0 Å². The van der Waals surface area contributed by atoms with Crippen LogP contribution in [0.4, 0.5) is 0 Å². The molecule has 1 saturated heterocycles. The summed E-state index contributed by atoms with van der Waals surface area (Å²) >= 11 is 5.87. The predicted octanol–water partition coefficient (Wildman–Crippen LogP) is 1.93. The standard InChI is InChI=1S/C13H19ClN2O2S/c1-10-2-3-12(14)8-13(10)19(17,18)16-9-11-4-6-15-7-5-11/h2-3,8,11,15-16H,4-7,9H2,1H3. The first kappa shape index (κ1) is 14.8. The number of piperidine rings is 1. The van der Waals surface area contributed by atoms with E-state index in [0.29, 0.717) is 23.0 Å². The Bertz CT molecular complexity index is 540. The van der Waals surface area contributed by atoms with Gasteiger partial charge in [-0.05, 0) is 56.5 Å². The highest BCUT2D eigenvalue weighted by atomic mass is 35.5. The van der Waals surface area contributed by atoms with E-state index in [-0.39, 0.29) is 4.90 Å². The Labute approximate surface area is 119 Å². The summed E-state index contributed by atoms with van der Waals surface area (Å²) in [5, 5.41) is 3.70. The average molecular weight is 303 g/mol. The first-order valence-corrected chi connectivity index (χ1v) is 8.32. The Balaban J connectivity index is 2.07. The molecule has 0 spiro atoms. The molecule has 2 rings (SSSR count). The lowest BCUT2D eigenvalue weighted by molar-refractivity contribution is 0.372. The van der Waals surface area contributed by atoms with Crippen LogP contribution in [0.15, 0.2) is 23.1 Å². The van der Waals surface area contributed by atoms with E-state index < -0.39 is 10.0 Å². The number of nitrogens with one attached hydrogen (secondary N) is 2. The summed E-state index contributed by atoms with van der Waals surface area (Å²) in [4.78, 5) is 0.272. The van der Waals surface area contributed by atoms with Crippen LogP contribution in [-0.2, 0) is 10.0 Å². The van der Waals surface area contributed by atoms with Crippen molar-refractivity contribution in [3.8, 4) is 0 Å². The minimum Gasteiger partial charge on any atom is -0.317 e. The van der Waals surface area contributed by atoms with Crippen molar-refractivity contribution in [2.75, 3.05) is 19.6 Å². The van der Waals surface area contributed by atoms with Crippen LogP contribution in [0.5, 0.6) is 0 Å². The number of halogens is 1. The van der Waals surface area contributed by atoms with Gasteiger partial charge in [0.15, 0.2) is 0 Å². The molecule has 0 radical (unpaired) electrons. The third-order valence-corrected chi connectivity index (χ3v) is 5.26. The number of benzene rings is 1. The number of hydrogen-bond donors (Lipinski definition) is 2. The summed E-state index contributed by atoms with van der Waals surface area (Å²) in [6, 6.07) is 4.92. The monoisotopic (exact) mass is 302 g/mol. The molecule has 19 heavy (non-hydrogen) atoms. The highest BCUT2D eigenvalue weighted by Crippen LogP contribution is 2.20. The molecule has 4 nitrogen and oxygen atoms in total. The lowest BCUT2D eigenvalue weighted by Gasteiger charge is -2.22. The molecule has 0 aromatic heterocycles. The molecule has 6 heteroatoms. The molecule has 1 aliphatic rings. The van der Waals surface area contributed by atoms with E-state index in [4.69, 9.17) is 11.6 Å². The smallest absolute Gasteiger partial charge is 0.240 e. The van der Waals surface area contributed by atoms with Gasteiger partial charge in [-0.3, -0.25) is 0 Å². The molecule has 0 bridgehead atoms. The minimum atomic E-state index is -3.47. The molecule has 0 unspecified atom stereocenters. The van der Waals surface area contributed by atoms with Gasteiger partial charge in [-0.15, -0.1) is 0 Å². The lowest BCUT2D eigenvalue weighted by atomic mass is 9.99. The van der Waals surface area contributed by atoms with Gasteiger partial charge in [0.05, 0.1) is 4.90 Å². The van der Waals surface area contributed by atoms with E-state index in [1.807, 2.05) is 0 Å². The highest BCUT2D eigenvalue weighted by molar-refractivity contribution is 7.89. The summed E-state index contributed by atoms with van der Waals surface area (Å²) in [7, 11) is -3.47. The van der Waals surface area contributed by atoms with E-state index in [1.54, 1.807) is 19.1 Å². The molecule has 0 amide bonds. The van der Waals surface area contributed by atoms with Crippen molar-refractivity contribution >= 4 is 21.6 Å². The Morgan fingerprint density at radius 1 is 1.37 bits per heavy atom. The van der Waals surface area contributed by atoms with Crippen LogP contribution in [-0.4, -0.2) is 28.1 Å². The Kier molecular flexibility index (Phi) is 4.84. The molecule has 2 N–H and O–H groups in total. The van der Waals surface area contributed by atoms with Gasteiger partial charge in [0.25, 0.3) is 0 Å². The third kappa shape index (κ3) is 3.92. The fourth-order valence-corrected chi connectivity index (χ4v) is 3.88. The largest absolute Gasteiger partial charge is 0.317 e. The van der Waals surface area contributed by atoms with E-state index in [0.717, 1.165) is 25.9 Å². The van der Waals surface area contributed by atoms with E-state index >= 15 is 0 Å². The quantitative estimate of drug-likeness (QED) is 0.893. The van der Waals surface area contributed by atoms with E-state index in [2.05, 4.69) is 10.0 Å². The summed E-state index contributed by atoms with van der Waals surface area (Å²) in [5.41, 5.74) is 0.710. The summed E-state index contributed by atoms with van der Waals surface area (Å²) in [6.07, 6.45) is 2.02. The van der Waals surface area contributed by atoms with Crippen molar-refractivity contribution in [1.29, 1.82) is 0 Å². The Hall–Kier alpha value is -0.620. The van der Waals surface area contributed by atoms with Crippen molar-refractivity contribution in [3.63, 3.8) is 0 Å². The second kappa shape index (κ2) is 6.22. The molecule has 0 saturated carbocycles. The molecule has 1 aromatic rings. The fraction of sp³-hybridized carbons (Fsp3) is 0.538. The van der Waals surface area contributed by atoms with Gasteiger partial charge in [-0.1, -0.05) is 17.7 Å². The van der Waals surface area contributed by atoms with Crippen LogP contribution in [0, 0.1) is 12.8 Å². The van der Waals surface area contributed by atoms with Crippen LogP contribution in [0.3, 0.4) is 0 Å². The van der Waals surface area contributed by atoms with Crippen LogP contribution < -0.4 is 10.0 Å².